The first-order valence-electron chi connectivity index (χ1n) is 29.0. The summed E-state index contributed by atoms with van der Waals surface area (Å²) in [6.45, 7) is 40.7. The van der Waals surface area contributed by atoms with E-state index in [0.717, 1.165) is 47.8 Å². The van der Waals surface area contributed by atoms with Gasteiger partial charge in [-0.2, -0.15) is 0 Å². The summed E-state index contributed by atoms with van der Waals surface area (Å²) in [7, 11) is 0. The predicted octanol–water partition coefficient (Wildman–Crippen LogP) is 19.1. The number of nitrogens with zero attached hydrogens (tertiary/aromatic N) is 3. The zero-order chi connectivity index (χ0) is 55.2. The number of anilines is 9. The third-order valence-corrected chi connectivity index (χ3v) is 20.4. The van der Waals surface area contributed by atoms with Crippen LogP contribution in [0.4, 0.5) is 51.2 Å². The van der Waals surface area contributed by atoms with Crippen LogP contribution < -0.4 is 35.1 Å². The molecule has 1 aromatic heterocycles. The van der Waals surface area contributed by atoms with E-state index in [1.54, 1.807) is 0 Å². The third kappa shape index (κ3) is 7.79. The van der Waals surface area contributed by atoms with Gasteiger partial charge in [0.2, 0.25) is 0 Å². The van der Waals surface area contributed by atoms with E-state index < -0.39 is 0 Å². The Balaban J connectivity index is 1.19. The van der Waals surface area contributed by atoms with Crippen molar-refractivity contribution in [2.24, 2.45) is 0 Å². The molecule has 3 aliphatic heterocycles. The van der Waals surface area contributed by atoms with Crippen molar-refractivity contribution in [1.29, 1.82) is 0 Å². The van der Waals surface area contributed by atoms with Gasteiger partial charge in [0.05, 0.1) is 22.7 Å². The Labute approximate surface area is 471 Å². The first-order valence-corrected chi connectivity index (χ1v) is 29.8. The summed E-state index contributed by atoms with van der Waals surface area (Å²) in [6.07, 6.45) is 4.65. The number of ether oxygens (including phenoxy) is 1. The maximum absolute atomic E-state index is 6.96. The Kier molecular flexibility index (Phi) is 10.9. The molecule has 8 aromatic rings. The van der Waals surface area contributed by atoms with Gasteiger partial charge < -0.3 is 19.4 Å². The third-order valence-electron chi connectivity index (χ3n) is 19.2. The molecule has 0 saturated carbocycles. The van der Waals surface area contributed by atoms with Crippen molar-refractivity contribution in [3.05, 3.63) is 166 Å². The molecule has 78 heavy (non-hydrogen) atoms. The largest absolute Gasteiger partial charge is 0.453 e. The van der Waals surface area contributed by atoms with E-state index in [4.69, 9.17) is 4.74 Å². The van der Waals surface area contributed by atoms with Crippen LogP contribution in [0, 0.1) is 0 Å². The van der Waals surface area contributed by atoms with Crippen molar-refractivity contribution in [3.63, 3.8) is 0 Å². The highest BCUT2D eigenvalue weighted by molar-refractivity contribution is 7.33. The van der Waals surface area contributed by atoms with Crippen molar-refractivity contribution in [2.45, 2.75) is 181 Å². The fraction of sp³-hybridized carbons (Fsp3) is 0.389. The number of fused-ring (bicyclic) bond motifs is 10. The highest BCUT2D eigenvalue weighted by Crippen LogP contribution is 2.58. The number of benzene rings is 7. The van der Waals surface area contributed by atoms with E-state index >= 15 is 0 Å². The van der Waals surface area contributed by atoms with Gasteiger partial charge in [-0.1, -0.05) is 166 Å². The van der Waals surface area contributed by atoms with Gasteiger partial charge in [0.15, 0.2) is 11.5 Å². The summed E-state index contributed by atoms with van der Waals surface area (Å²) in [4.78, 5) is 7.85. The average molecular weight is 1050 g/mol. The molecule has 7 aromatic carbocycles. The van der Waals surface area contributed by atoms with Gasteiger partial charge in [0, 0.05) is 43.3 Å². The lowest BCUT2D eigenvalue weighted by Crippen LogP contribution is -2.61. The highest BCUT2D eigenvalue weighted by atomic mass is 32.1. The molecule has 0 amide bonds. The molecule has 4 nitrogen and oxygen atoms in total. The van der Waals surface area contributed by atoms with Crippen LogP contribution in [0.1, 0.15) is 182 Å². The standard InChI is InChI=1S/C72H80BN3OS/c1-66(2,3)43-22-27-46(28-23-43)74-57-41-52-51(70(12,13)33-34-71(52,14)15)40-54(57)73-63-58(74)37-48(75-55-20-18-19-21-60(55)77-61-36-45(68(7,8)9)26-31-56(61)75)38-59(63)76(47-29-24-44(25-30-47)67(4,5)6)64-49-39-50-53(42-62(49)78-65(64)73)72(16,17)35-32-69(50,10)11/h18-31,36-42H,32-35H2,1-17H3. The molecular weight excluding hydrogens is 966 g/mol. The summed E-state index contributed by atoms with van der Waals surface area (Å²) in [5.74, 6) is 1.73. The van der Waals surface area contributed by atoms with Crippen molar-refractivity contribution in [3.8, 4) is 11.5 Å². The zero-order valence-corrected chi connectivity index (χ0v) is 50.5. The molecule has 6 heteroatoms. The molecular formula is C72H80BN3OS. The van der Waals surface area contributed by atoms with Crippen LogP contribution in [0.2, 0.25) is 0 Å². The second-order valence-corrected chi connectivity index (χ2v) is 30.7. The molecule has 5 aliphatic rings. The number of hydrogen-bond donors (Lipinski definition) is 0. The Morgan fingerprint density at radius 3 is 1.45 bits per heavy atom. The molecule has 0 fully saturated rings. The first kappa shape index (κ1) is 51.2. The Morgan fingerprint density at radius 2 is 0.885 bits per heavy atom. The molecule has 0 radical (unpaired) electrons. The van der Waals surface area contributed by atoms with E-state index in [-0.39, 0.29) is 44.6 Å². The summed E-state index contributed by atoms with van der Waals surface area (Å²) >= 11 is 2.05. The minimum atomic E-state index is -0.0567. The van der Waals surface area contributed by atoms with Crippen molar-refractivity contribution >= 4 is 95.0 Å². The van der Waals surface area contributed by atoms with E-state index in [1.165, 1.54) is 105 Å². The second kappa shape index (κ2) is 16.7. The predicted molar refractivity (Wildman–Crippen MR) is 337 cm³/mol. The van der Waals surface area contributed by atoms with Crippen LogP contribution in [0.3, 0.4) is 0 Å². The minimum Gasteiger partial charge on any atom is -0.453 e. The van der Waals surface area contributed by atoms with Crippen LogP contribution in [-0.4, -0.2) is 6.71 Å². The summed E-state index contributed by atoms with van der Waals surface area (Å²) in [5, 5.41) is 1.36. The Bertz CT molecular complexity index is 3790. The second-order valence-electron chi connectivity index (χ2n) is 29.6. The topological polar surface area (TPSA) is 19.0 Å². The smallest absolute Gasteiger partial charge is 0.264 e. The van der Waals surface area contributed by atoms with E-state index in [1.807, 2.05) is 0 Å². The highest BCUT2D eigenvalue weighted by Gasteiger charge is 2.49. The monoisotopic (exact) mass is 1050 g/mol. The molecule has 0 N–H and O–H groups in total. The summed E-state index contributed by atoms with van der Waals surface area (Å²) < 4.78 is 9.76. The van der Waals surface area contributed by atoms with Crippen LogP contribution >= 0.6 is 11.3 Å². The Hall–Kier alpha value is -6.24. The quantitative estimate of drug-likeness (QED) is 0.164. The van der Waals surface area contributed by atoms with Gasteiger partial charge in [-0.3, -0.25) is 0 Å². The van der Waals surface area contributed by atoms with E-state index in [9.17, 15) is 0 Å². The maximum atomic E-state index is 6.96. The van der Waals surface area contributed by atoms with Crippen LogP contribution in [0.25, 0.3) is 10.1 Å². The van der Waals surface area contributed by atoms with Crippen LogP contribution in [0.5, 0.6) is 11.5 Å². The molecule has 4 heterocycles. The van der Waals surface area contributed by atoms with Gasteiger partial charge in [-0.15, -0.1) is 11.3 Å². The Morgan fingerprint density at radius 1 is 0.423 bits per heavy atom. The SMILES string of the molecule is CC(C)(C)c1ccc(N2c3cc4c(cc3B3c5sc6cc7c(cc6c5N(c5ccc(C(C)(C)C)cc5)c5cc(N6c8ccccc8Oc8cc(C(C)(C)C)ccc86)cc2c53)C(C)(C)CCC7(C)C)C(C)(C)CCC4(C)C)cc1. The van der Waals surface area contributed by atoms with Crippen molar-refractivity contribution in [2.75, 3.05) is 14.7 Å². The van der Waals surface area contributed by atoms with Gasteiger partial charge in [-0.05, 0) is 192 Å². The lowest BCUT2D eigenvalue weighted by molar-refractivity contribution is 0.332. The number of rotatable bonds is 3. The first-order chi connectivity index (χ1) is 36.5. The molecule has 0 unspecified atom stereocenters. The lowest BCUT2D eigenvalue weighted by atomic mass is 9.35. The van der Waals surface area contributed by atoms with Gasteiger partial charge in [0.25, 0.3) is 6.71 Å². The molecule has 0 spiro atoms. The molecule has 0 bridgehead atoms. The van der Waals surface area contributed by atoms with E-state index in [2.05, 4.69) is 271 Å². The number of thiophene rings is 1. The molecule has 2 aliphatic carbocycles. The molecule has 13 rings (SSSR count). The minimum absolute atomic E-state index is 0.000490. The van der Waals surface area contributed by atoms with Crippen molar-refractivity contribution in [1.82, 2.24) is 0 Å². The maximum Gasteiger partial charge on any atom is 0.264 e. The van der Waals surface area contributed by atoms with Gasteiger partial charge in [-0.25, -0.2) is 0 Å². The molecule has 398 valence electrons. The fourth-order valence-electron chi connectivity index (χ4n) is 14.0. The normalized spacial score (nSPS) is 18.3. The van der Waals surface area contributed by atoms with Gasteiger partial charge in [0.1, 0.15) is 0 Å². The zero-order valence-electron chi connectivity index (χ0n) is 49.7. The molecule has 0 saturated heterocycles. The van der Waals surface area contributed by atoms with Crippen LogP contribution in [0.15, 0.2) is 127 Å². The lowest BCUT2D eigenvalue weighted by Gasteiger charge is -2.47. The summed E-state index contributed by atoms with van der Waals surface area (Å²) in [5.41, 5.74) is 23.3. The fourth-order valence-corrected chi connectivity index (χ4v) is 15.3. The van der Waals surface area contributed by atoms with Gasteiger partial charge >= 0.3 is 0 Å². The average Bonchev–Trinajstić information content (AvgIpc) is 2.89. The van der Waals surface area contributed by atoms with Crippen LogP contribution in [-0.2, 0) is 37.9 Å². The van der Waals surface area contributed by atoms with Crippen molar-refractivity contribution < 1.29 is 4.74 Å². The molecule has 0 atom stereocenters. The number of para-hydroxylation sites is 2. The van der Waals surface area contributed by atoms with E-state index in [0.29, 0.717) is 0 Å². The summed E-state index contributed by atoms with van der Waals surface area (Å²) in [6, 6.07) is 50.4. The number of hydrogen-bond acceptors (Lipinski definition) is 5.